The van der Waals surface area contributed by atoms with E-state index < -0.39 is 44.9 Å². The van der Waals surface area contributed by atoms with Crippen LogP contribution in [0, 0.1) is 11.3 Å². The molecule has 2 rings (SSSR count). The maximum atomic E-state index is 14.1. The van der Waals surface area contributed by atoms with Gasteiger partial charge in [0, 0.05) is 24.6 Å². The van der Waals surface area contributed by atoms with Crippen LogP contribution in [0.5, 0.6) is 0 Å². The van der Waals surface area contributed by atoms with Gasteiger partial charge >= 0.3 is 0 Å². The van der Waals surface area contributed by atoms with Gasteiger partial charge in [-0.2, -0.15) is 0 Å². The normalized spacial score (nSPS) is 14.8. The van der Waals surface area contributed by atoms with E-state index in [0.717, 1.165) is 11.1 Å². The molecule has 3 atom stereocenters. The summed E-state index contributed by atoms with van der Waals surface area (Å²) in [5.41, 5.74) is 6.22. The van der Waals surface area contributed by atoms with E-state index in [9.17, 15) is 22.8 Å². The fourth-order valence-corrected chi connectivity index (χ4v) is 6.25. The van der Waals surface area contributed by atoms with E-state index >= 15 is 0 Å². The second-order valence-electron chi connectivity index (χ2n) is 13.4. The Balaban J connectivity index is 2.32. The van der Waals surface area contributed by atoms with Gasteiger partial charge in [-0.1, -0.05) is 97.0 Å². The number of hydrogen-bond donors (Lipinski definition) is 4. The van der Waals surface area contributed by atoms with E-state index in [2.05, 4.69) is 15.4 Å². The number of rotatable bonds is 13. The standard InChI is InChI=1S/C34H51N5O5S/c1-22(2)27(20-23(3)30(40)38-45(43,44)26-18-16-24(21-35)17-19-26)39(10)32(42)29(33(4,5)6)37-31(41)28(36-9)34(7,8)25-14-12-11-13-15-25/h11-20,22,27-29,36H,21,35H2,1-10H3,(H,37,41)(H,38,40)/b23-20+/t27-,28-,29?/m1/s1. The van der Waals surface area contributed by atoms with Gasteiger partial charge in [-0.3, -0.25) is 14.4 Å². The van der Waals surface area contributed by atoms with Gasteiger partial charge < -0.3 is 21.3 Å². The summed E-state index contributed by atoms with van der Waals surface area (Å²) in [6, 6.07) is 13.6. The van der Waals surface area contributed by atoms with E-state index in [4.69, 9.17) is 5.73 Å². The van der Waals surface area contributed by atoms with Crippen LogP contribution in [0.2, 0.25) is 0 Å². The van der Waals surface area contributed by atoms with E-state index in [1.807, 2.05) is 78.8 Å². The molecule has 11 heteroatoms. The van der Waals surface area contributed by atoms with E-state index in [-0.39, 0.29) is 34.7 Å². The minimum absolute atomic E-state index is 0.0624. The molecule has 1 unspecified atom stereocenters. The van der Waals surface area contributed by atoms with E-state index in [1.165, 1.54) is 24.0 Å². The third-order valence-electron chi connectivity index (χ3n) is 8.14. The molecule has 10 nitrogen and oxygen atoms in total. The number of sulfonamides is 1. The molecule has 5 N–H and O–H groups in total. The Morgan fingerprint density at radius 3 is 1.96 bits per heavy atom. The first-order chi connectivity index (χ1) is 20.8. The van der Waals surface area contributed by atoms with Gasteiger partial charge in [-0.25, -0.2) is 13.1 Å². The zero-order valence-electron chi connectivity index (χ0n) is 28.3. The lowest BCUT2D eigenvalue weighted by molar-refractivity contribution is -0.140. The molecule has 0 radical (unpaired) electrons. The average Bonchev–Trinajstić information content (AvgIpc) is 2.97. The first-order valence-electron chi connectivity index (χ1n) is 15.1. The molecular weight excluding hydrogens is 590 g/mol. The van der Waals surface area contributed by atoms with Crippen molar-refractivity contribution in [2.24, 2.45) is 17.1 Å². The maximum absolute atomic E-state index is 14.1. The van der Waals surface area contributed by atoms with Crippen molar-refractivity contribution in [3.63, 3.8) is 0 Å². The molecule has 0 heterocycles. The van der Waals surface area contributed by atoms with E-state index in [0.29, 0.717) is 0 Å². The lowest BCUT2D eigenvalue weighted by atomic mass is 9.76. The number of amides is 3. The minimum atomic E-state index is -4.13. The summed E-state index contributed by atoms with van der Waals surface area (Å²) in [5.74, 6) is -1.59. The van der Waals surface area contributed by atoms with Crippen molar-refractivity contribution in [1.29, 1.82) is 0 Å². The summed E-state index contributed by atoms with van der Waals surface area (Å²) >= 11 is 0. The fraction of sp³-hybridized carbons (Fsp3) is 0.500. The van der Waals surface area contributed by atoms with Gasteiger partial charge in [0.1, 0.15) is 6.04 Å². The molecule has 2 aromatic carbocycles. The van der Waals surface area contributed by atoms with Crippen LogP contribution in [0.4, 0.5) is 0 Å². The maximum Gasteiger partial charge on any atom is 0.264 e. The van der Waals surface area contributed by atoms with Crippen LogP contribution in [-0.2, 0) is 36.4 Å². The van der Waals surface area contributed by atoms with Crippen LogP contribution in [0.1, 0.15) is 66.5 Å². The molecule has 0 saturated carbocycles. The van der Waals surface area contributed by atoms with Crippen molar-refractivity contribution in [1.82, 2.24) is 20.3 Å². The second kappa shape index (κ2) is 15.2. The third-order valence-corrected chi connectivity index (χ3v) is 9.49. The SMILES string of the molecule is CN[C@H](C(=O)NC(C(=O)N(C)[C@H](/C=C(\C)C(=O)NS(=O)(=O)c1ccc(CN)cc1)C(C)C)C(C)(C)C)C(C)(C)c1ccccc1. The number of hydrogen-bond acceptors (Lipinski definition) is 7. The van der Waals surface area contributed by atoms with Crippen LogP contribution >= 0.6 is 0 Å². The summed E-state index contributed by atoms with van der Waals surface area (Å²) in [5, 5.41) is 6.15. The van der Waals surface area contributed by atoms with Gasteiger partial charge in [0.2, 0.25) is 11.8 Å². The molecule has 248 valence electrons. The minimum Gasteiger partial charge on any atom is -0.342 e. The Kier molecular flexibility index (Phi) is 12.7. The molecule has 0 aliphatic carbocycles. The quantitative estimate of drug-likeness (QED) is 0.245. The summed E-state index contributed by atoms with van der Waals surface area (Å²) < 4.78 is 27.8. The van der Waals surface area contributed by atoms with Gasteiger partial charge in [0.05, 0.1) is 17.0 Å². The monoisotopic (exact) mass is 641 g/mol. The molecule has 45 heavy (non-hydrogen) atoms. The van der Waals surface area contributed by atoms with Crippen molar-refractivity contribution in [2.45, 2.75) is 90.4 Å². The highest BCUT2D eigenvalue weighted by Crippen LogP contribution is 2.29. The van der Waals surface area contributed by atoms with Gasteiger partial charge in [0.25, 0.3) is 15.9 Å². The highest BCUT2D eigenvalue weighted by atomic mass is 32.2. The first kappa shape index (κ1) is 37.6. The second-order valence-corrected chi connectivity index (χ2v) is 15.1. The molecule has 0 spiro atoms. The highest BCUT2D eigenvalue weighted by molar-refractivity contribution is 7.90. The smallest absolute Gasteiger partial charge is 0.264 e. The number of nitrogens with one attached hydrogen (secondary N) is 3. The van der Waals surface area contributed by atoms with E-state index in [1.54, 1.807) is 32.3 Å². The number of benzene rings is 2. The van der Waals surface area contributed by atoms with Crippen LogP contribution in [0.15, 0.2) is 71.1 Å². The molecule has 0 saturated heterocycles. The number of carbonyl (C=O) groups is 3. The van der Waals surface area contributed by atoms with Crippen LogP contribution in [0.3, 0.4) is 0 Å². The molecule has 2 aromatic rings. The molecule has 3 amide bonds. The molecule has 0 bridgehead atoms. The topological polar surface area (TPSA) is 151 Å². The lowest BCUT2D eigenvalue weighted by Crippen LogP contribution is -2.61. The summed E-state index contributed by atoms with van der Waals surface area (Å²) in [6.45, 7) is 15.2. The lowest BCUT2D eigenvalue weighted by Gasteiger charge is -2.40. The molecule has 0 aliphatic rings. The van der Waals surface area contributed by atoms with Crippen molar-refractivity contribution < 1.29 is 22.8 Å². The molecular formula is C34H51N5O5S. The molecule has 0 aliphatic heterocycles. The first-order valence-corrected chi connectivity index (χ1v) is 16.6. The van der Waals surface area contributed by atoms with Crippen LogP contribution < -0.4 is 21.1 Å². The summed E-state index contributed by atoms with van der Waals surface area (Å²) in [7, 11) is -0.783. The number of nitrogens with zero attached hydrogens (tertiary/aromatic N) is 1. The third kappa shape index (κ3) is 9.48. The predicted molar refractivity (Wildman–Crippen MR) is 179 cm³/mol. The Morgan fingerprint density at radius 2 is 1.49 bits per heavy atom. The molecule has 0 aromatic heterocycles. The summed E-state index contributed by atoms with van der Waals surface area (Å²) in [6.07, 6.45) is 1.58. The van der Waals surface area contributed by atoms with Crippen LogP contribution in [0.25, 0.3) is 0 Å². The number of nitrogens with two attached hydrogens (primary N) is 1. The van der Waals surface area contributed by atoms with Crippen LogP contribution in [-0.4, -0.2) is 63.3 Å². The average molecular weight is 642 g/mol. The summed E-state index contributed by atoms with van der Waals surface area (Å²) in [4.78, 5) is 42.3. The number of likely N-dealkylation sites (N-methyl/N-ethyl adjacent to an activating group) is 2. The Labute approximate surface area is 269 Å². The number of carbonyl (C=O) groups excluding carboxylic acids is 3. The van der Waals surface area contributed by atoms with Gasteiger partial charge in [-0.05, 0) is 48.6 Å². The van der Waals surface area contributed by atoms with Crippen molar-refractivity contribution in [3.05, 3.63) is 77.4 Å². The Hall–Kier alpha value is -3.54. The zero-order chi connectivity index (χ0) is 34.3. The van der Waals surface area contributed by atoms with Crippen molar-refractivity contribution in [3.8, 4) is 0 Å². The Morgan fingerprint density at radius 1 is 0.933 bits per heavy atom. The largest absolute Gasteiger partial charge is 0.342 e. The zero-order valence-corrected chi connectivity index (χ0v) is 29.1. The molecule has 0 fully saturated rings. The Bertz CT molecular complexity index is 1460. The van der Waals surface area contributed by atoms with Gasteiger partial charge in [-0.15, -0.1) is 0 Å². The van der Waals surface area contributed by atoms with Gasteiger partial charge in [0.15, 0.2) is 0 Å². The highest BCUT2D eigenvalue weighted by Gasteiger charge is 2.41. The van der Waals surface area contributed by atoms with Crippen molar-refractivity contribution in [2.75, 3.05) is 14.1 Å². The fourth-order valence-electron chi connectivity index (χ4n) is 5.23. The predicted octanol–water partition coefficient (Wildman–Crippen LogP) is 3.48. The van der Waals surface area contributed by atoms with Crippen molar-refractivity contribution >= 4 is 27.7 Å².